The lowest BCUT2D eigenvalue weighted by atomic mass is 9.82. The van der Waals surface area contributed by atoms with Crippen LogP contribution in [0.25, 0.3) is 0 Å². The SMILES string of the molecule is CC1=C[C@H]2C[C@H]1[C@@H]1C(=O)N(c3ccc(C(=O)OCC(=O)N[C@@H](C)c4ccccc4)cc3)C(=O)[C@@H]12. The van der Waals surface area contributed by atoms with Crippen LogP contribution < -0.4 is 10.2 Å². The molecular weight excluding hydrogens is 432 g/mol. The number of nitrogens with zero attached hydrogens (tertiary/aromatic N) is 1. The van der Waals surface area contributed by atoms with Gasteiger partial charge in [0.25, 0.3) is 5.91 Å². The Bertz CT molecular complexity index is 1190. The standard InChI is InChI=1S/C27H26N2O5/c1-15-12-19-13-21(15)24-23(19)25(31)29(26(24)32)20-10-8-18(9-11-20)27(33)34-14-22(30)28-16(2)17-6-4-3-5-7-17/h3-12,16,19,21,23-24H,13-14H2,1-2H3,(H,28,30)/t16-,19-,21+,23+,24-/m0/s1. The van der Waals surface area contributed by atoms with Crippen molar-refractivity contribution in [1.82, 2.24) is 5.32 Å². The smallest absolute Gasteiger partial charge is 0.338 e. The van der Waals surface area contributed by atoms with Crippen molar-refractivity contribution in [3.63, 3.8) is 0 Å². The fourth-order valence-corrected chi connectivity index (χ4v) is 5.60. The van der Waals surface area contributed by atoms with Crippen LogP contribution in [0.15, 0.2) is 66.2 Å². The normalized spacial score (nSPS) is 25.7. The summed E-state index contributed by atoms with van der Waals surface area (Å²) in [6, 6.07) is 15.4. The molecule has 3 aliphatic rings. The number of hydrogen-bond acceptors (Lipinski definition) is 5. The summed E-state index contributed by atoms with van der Waals surface area (Å²) in [6.45, 7) is 3.48. The maximum Gasteiger partial charge on any atom is 0.338 e. The predicted octanol–water partition coefficient (Wildman–Crippen LogP) is 3.42. The Morgan fingerprint density at radius 1 is 1.03 bits per heavy atom. The molecule has 7 heteroatoms. The average molecular weight is 459 g/mol. The quantitative estimate of drug-likeness (QED) is 0.407. The van der Waals surface area contributed by atoms with Crippen molar-refractivity contribution in [2.24, 2.45) is 23.7 Å². The second kappa shape index (κ2) is 8.56. The van der Waals surface area contributed by atoms with E-state index in [1.165, 1.54) is 22.6 Å². The lowest BCUT2D eigenvalue weighted by molar-refractivity contribution is -0.125. The molecule has 0 aromatic heterocycles. The average Bonchev–Trinajstić information content (AvgIpc) is 3.48. The maximum absolute atomic E-state index is 13.1. The Morgan fingerprint density at radius 3 is 2.41 bits per heavy atom. The van der Waals surface area contributed by atoms with Gasteiger partial charge in [-0.1, -0.05) is 42.0 Å². The Kier molecular flexibility index (Phi) is 5.55. The molecule has 3 amide bonds. The molecule has 7 nitrogen and oxygen atoms in total. The van der Waals surface area contributed by atoms with Gasteiger partial charge in [0.15, 0.2) is 6.61 Å². The molecule has 0 spiro atoms. The third kappa shape index (κ3) is 3.71. The summed E-state index contributed by atoms with van der Waals surface area (Å²) in [7, 11) is 0. The van der Waals surface area contributed by atoms with Crippen molar-refractivity contribution in [3.8, 4) is 0 Å². The van der Waals surface area contributed by atoms with E-state index in [1.807, 2.05) is 44.2 Å². The largest absolute Gasteiger partial charge is 0.452 e. The number of carbonyl (C=O) groups excluding carboxylic acids is 4. The zero-order chi connectivity index (χ0) is 24.0. The van der Waals surface area contributed by atoms with Gasteiger partial charge >= 0.3 is 5.97 Å². The van der Waals surface area contributed by atoms with Crippen molar-refractivity contribution < 1.29 is 23.9 Å². The third-order valence-electron chi connectivity index (χ3n) is 7.25. The van der Waals surface area contributed by atoms with Crippen molar-refractivity contribution in [2.45, 2.75) is 26.3 Å². The molecule has 1 N–H and O–H groups in total. The number of anilines is 1. The van der Waals surface area contributed by atoms with Crippen LogP contribution in [0, 0.1) is 23.7 Å². The second-order valence-electron chi connectivity index (χ2n) is 9.30. The molecule has 1 saturated heterocycles. The highest BCUT2D eigenvalue weighted by Gasteiger charge is 2.60. The first kappa shape index (κ1) is 22.1. The molecule has 2 aromatic carbocycles. The summed E-state index contributed by atoms with van der Waals surface area (Å²) in [4.78, 5) is 51.9. The fraction of sp³-hybridized carbons (Fsp3) is 0.333. The maximum atomic E-state index is 13.1. The predicted molar refractivity (Wildman–Crippen MR) is 125 cm³/mol. The molecule has 1 heterocycles. The van der Waals surface area contributed by atoms with Crippen LogP contribution in [-0.4, -0.2) is 30.3 Å². The van der Waals surface area contributed by atoms with E-state index in [4.69, 9.17) is 4.74 Å². The number of fused-ring (bicyclic) bond motifs is 5. The minimum Gasteiger partial charge on any atom is -0.452 e. The van der Waals surface area contributed by atoms with Gasteiger partial charge in [0.05, 0.1) is 29.1 Å². The van der Waals surface area contributed by atoms with Gasteiger partial charge in [0, 0.05) is 0 Å². The van der Waals surface area contributed by atoms with Crippen LogP contribution >= 0.6 is 0 Å². The van der Waals surface area contributed by atoms with Gasteiger partial charge in [-0.3, -0.25) is 19.3 Å². The van der Waals surface area contributed by atoms with E-state index in [0.717, 1.165) is 12.0 Å². The molecule has 2 fully saturated rings. The Morgan fingerprint density at radius 2 is 1.71 bits per heavy atom. The molecule has 2 bridgehead atoms. The van der Waals surface area contributed by atoms with Crippen molar-refractivity contribution in [1.29, 1.82) is 0 Å². The Hall–Kier alpha value is -3.74. The molecule has 5 rings (SSSR count). The monoisotopic (exact) mass is 458 g/mol. The first-order chi connectivity index (χ1) is 16.3. The van der Waals surface area contributed by atoms with Crippen LogP contribution in [0.2, 0.25) is 0 Å². The lowest BCUT2D eigenvalue weighted by Gasteiger charge is -2.19. The van der Waals surface area contributed by atoms with E-state index >= 15 is 0 Å². The number of esters is 1. The highest BCUT2D eigenvalue weighted by atomic mass is 16.5. The number of amides is 3. The number of benzene rings is 2. The molecule has 2 aromatic rings. The van der Waals surface area contributed by atoms with Gasteiger partial charge in [-0.05, 0) is 61.9 Å². The zero-order valence-electron chi connectivity index (χ0n) is 19.1. The highest BCUT2D eigenvalue weighted by molar-refractivity contribution is 6.23. The van der Waals surface area contributed by atoms with Gasteiger partial charge in [0.1, 0.15) is 0 Å². The van der Waals surface area contributed by atoms with Gasteiger partial charge in [0.2, 0.25) is 11.8 Å². The van der Waals surface area contributed by atoms with E-state index in [9.17, 15) is 19.2 Å². The van der Waals surface area contributed by atoms with E-state index in [-0.39, 0.29) is 47.1 Å². The number of imide groups is 1. The van der Waals surface area contributed by atoms with Gasteiger partial charge in [-0.25, -0.2) is 4.79 Å². The van der Waals surface area contributed by atoms with E-state index in [2.05, 4.69) is 11.4 Å². The minimum atomic E-state index is -0.650. The number of hydrogen-bond donors (Lipinski definition) is 1. The molecule has 5 atom stereocenters. The summed E-state index contributed by atoms with van der Waals surface area (Å²) in [6.07, 6.45) is 3.02. The molecule has 0 radical (unpaired) electrons. The van der Waals surface area contributed by atoms with Crippen molar-refractivity contribution in [2.75, 3.05) is 11.5 Å². The number of allylic oxidation sites excluding steroid dienone is 2. The highest BCUT2D eigenvalue weighted by Crippen LogP contribution is 2.55. The zero-order valence-corrected chi connectivity index (χ0v) is 19.1. The molecule has 2 aliphatic carbocycles. The second-order valence-corrected chi connectivity index (χ2v) is 9.30. The summed E-state index contributed by atoms with van der Waals surface area (Å²) in [5.74, 6) is -1.63. The number of carbonyl (C=O) groups is 4. The minimum absolute atomic E-state index is 0.140. The van der Waals surface area contributed by atoms with E-state index in [1.54, 1.807) is 12.1 Å². The van der Waals surface area contributed by atoms with Crippen LogP contribution in [0.1, 0.15) is 42.2 Å². The Labute approximate surface area is 197 Å². The number of rotatable bonds is 6. The molecular formula is C27H26N2O5. The molecule has 174 valence electrons. The summed E-state index contributed by atoms with van der Waals surface area (Å²) < 4.78 is 5.14. The number of nitrogens with one attached hydrogen (secondary N) is 1. The van der Waals surface area contributed by atoms with Crippen molar-refractivity contribution >= 4 is 29.4 Å². The third-order valence-corrected chi connectivity index (χ3v) is 7.25. The van der Waals surface area contributed by atoms with Crippen LogP contribution in [0.3, 0.4) is 0 Å². The van der Waals surface area contributed by atoms with Crippen molar-refractivity contribution in [3.05, 3.63) is 77.4 Å². The van der Waals surface area contributed by atoms with Gasteiger partial charge in [-0.15, -0.1) is 0 Å². The van der Waals surface area contributed by atoms with Crippen LogP contribution in [-0.2, 0) is 19.1 Å². The van der Waals surface area contributed by atoms with E-state index < -0.39 is 18.5 Å². The Balaban J connectivity index is 1.19. The number of ether oxygens (including phenoxy) is 1. The fourth-order valence-electron chi connectivity index (χ4n) is 5.60. The summed E-state index contributed by atoms with van der Waals surface area (Å²) in [5, 5.41) is 2.79. The summed E-state index contributed by atoms with van der Waals surface area (Å²) in [5.41, 5.74) is 2.85. The summed E-state index contributed by atoms with van der Waals surface area (Å²) >= 11 is 0. The molecule has 0 unspecified atom stereocenters. The first-order valence-corrected chi connectivity index (χ1v) is 11.5. The van der Waals surface area contributed by atoms with Gasteiger partial charge < -0.3 is 10.1 Å². The molecule has 1 saturated carbocycles. The first-order valence-electron chi connectivity index (χ1n) is 11.5. The topological polar surface area (TPSA) is 92.8 Å². The lowest BCUT2D eigenvalue weighted by Crippen LogP contribution is -2.33. The van der Waals surface area contributed by atoms with Crippen LogP contribution in [0.4, 0.5) is 5.69 Å². The van der Waals surface area contributed by atoms with Crippen LogP contribution in [0.5, 0.6) is 0 Å². The molecule has 1 aliphatic heterocycles. The van der Waals surface area contributed by atoms with Gasteiger partial charge in [-0.2, -0.15) is 0 Å². The molecule has 34 heavy (non-hydrogen) atoms. The van der Waals surface area contributed by atoms with E-state index in [0.29, 0.717) is 5.69 Å².